The Kier molecular flexibility index (Phi) is 4.57. The summed E-state index contributed by atoms with van der Waals surface area (Å²) in [6.07, 6.45) is 1.54. The van der Waals surface area contributed by atoms with E-state index < -0.39 is 0 Å². The first-order valence-electron chi connectivity index (χ1n) is 8.78. The van der Waals surface area contributed by atoms with Crippen molar-refractivity contribution in [1.82, 2.24) is 19.9 Å². The number of aromatic amines is 1. The average Bonchev–Trinajstić information content (AvgIpc) is 3.17. The van der Waals surface area contributed by atoms with E-state index in [1.54, 1.807) is 12.1 Å². The Labute approximate surface area is 172 Å². The molecule has 29 heavy (non-hydrogen) atoms. The molecular formula is C21H13FN4OS2. The molecule has 0 radical (unpaired) electrons. The van der Waals surface area contributed by atoms with Crippen LogP contribution in [0.2, 0.25) is 0 Å². The first-order valence-corrected chi connectivity index (χ1v) is 10.6. The minimum atomic E-state index is -0.308. The summed E-state index contributed by atoms with van der Waals surface area (Å²) >= 11 is 2.91. The number of halogens is 1. The number of thioether (sulfide) groups is 1. The van der Waals surface area contributed by atoms with Crippen LogP contribution >= 0.6 is 23.1 Å². The van der Waals surface area contributed by atoms with Crippen molar-refractivity contribution in [3.05, 3.63) is 82.2 Å². The van der Waals surface area contributed by atoms with Crippen LogP contribution in [0.25, 0.3) is 32.2 Å². The van der Waals surface area contributed by atoms with Crippen LogP contribution in [-0.2, 0) is 5.75 Å². The number of nitrogens with zero attached hydrogens (tertiary/aromatic N) is 3. The second-order valence-corrected chi connectivity index (χ2v) is 8.16. The van der Waals surface area contributed by atoms with Crippen molar-refractivity contribution in [2.45, 2.75) is 10.8 Å². The van der Waals surface area contributed by atoms with Gasteiger partial charge < -0.3 is 4.98 Å². The number of para-hydroxylation sites is 1. The molecule has 3 aromatic heterocycles. The quantitative estimate of drug-likeness (QED) is 0.326. The number of H-pyrrole nitrogens is 1. The summed E-state index contributed by atoms with van der Waals surface area (Å²) in [6, 6.07) is 13.9. The van der Waals surface area contributed by atoms with Gasteiger partial charge in [0.25, 0.3) is 5.56 Å². The Morgan fingerprint density at radius 3 is 2.76 bits per heavy atom. The lowest BCUT2D eigenvalue weighted by atomic mass is 10.1. The topological polar surface area (TPSA) is 71.5 Å². The van der Waals surface area contributed by atoms with E-state index in [4.69, 9.17) is 0 Å². The Hall–Kier alpha value is -3.10. The fourth-order valence-corrected chi connectivity index (χ4v) is 4.96. The van der Waals surface area contributed by atoms with Crippen LogP contribution in [0.4, 0.5) is 4.39 Å². The predicted octanol–water partition coefficient (Wildman–Crippen LogP) is 5.03. The van der Waals surface area contributed by atoms with Crippen LogP contribution in [0.3, 0.4) is 0 Å². The predicted molar refractivity (Wildman–Crippen MR) is 115 cm³/mol. The number of hydrogen-bond donors (Lipinski definition) is 1. The summed E-state index contributed by atoms with van der Waals surface area (Å²) in [5, 5.41) is 4.23. The monoisotopic (exact) mass is 420 g/mol. The molecule has 0 saturated heterocycles. The zero-order valence-electron chi connectivity index (χ0n) is 14.9. The van der Waals surface area contributed by atoms with Gasteiger partial charge in [-0.05, 0) is 23.8 Å². The van der Waals surface area contributed by atoms with E-state index in [9.17, 15) is 9.18 Å². The zero-order valence-corrected chi connectivity index (χ0v) is 16.6. The van der Waals surface area contributed by atoms with E-state index in [0.717, 1.165) is 27.1 Å². The maximum Gasteiger partial charge on any atom is 0.260 e. The number of hydrogen-bond acceptors (Lipinski definition) is 6. The molecule has 5 rings (SSSR count). The van der Waals surface area contributed by atoms with Crippen LogP contribution < -0.4 is 5.56 Å². The Balaban J connectivity index is 1.47. The van der Waals surface area contributed by atoms with Gasteiger partial charge in [-0.15, -0.1) is 11.3 Å². The van der Waals surface area contributed by atoms with E-state index >= 15 is 0 Å². The highest BCUT2D eigenvalue weighted by atomic mass is 32.2. The van der Waals surface area contributed by atoms with Crippen molar-refractivity contribution in [1.29, 1.82) is 0 Å². The van der Waals surface area contributed by atoms with Crippen LogP contribution in [0, 0.1) is 5.82 Å². The summed E-state index contributed by atoms with van der Waals surface area (Å²) in [7, 11) is 0. The molecule has 0 amide bonds. The molecule has 0 spiro atoms. The number of nitrogens with one attached hydrogen (secondary N) is 1. The molecule has 0 unspecified atom stereocenters. The largest absolute Gasteiger partial charge is 0.309 e. The zero-order chi connectivity index (χ0) is 19.8. The molecule has 0 saturated carbocycles. The first-order chi connectivity index (χ1) is 14.2. The SMILES string of the molecule is O=c1[nH]c(CSc2ncnc3ccccc23)nc2scc(-c3ccc(F)cc3)c12. The number of aromatic nitrogens is 4. The van der Waals surface area contributed by atoms with Crippen LogP contribution in [0.15, 0.2) is 70.1 Å². The van der Waals surface area contributed by atoms with E-state index in [-0.39, 0.29) is 11.4 Å². The normalized spacial score (nSPS) is 11.3. The average molecular weight is 420 g/mol. The Morgan fingerprint density at radius 1 is 1.07 bits per heavy atom. The van der Waals surface area contributed by atoms with Crippen molar-refractivity contribution in [2.75, 3.05) is 0 Å². The van der Waals surface area contributed by atoms with Crippen molar-refractivity contribution in [3.63, 3.8) is 0 Å². The molecule has 0 aliphatic carbocycles. The molecule has 8 heteroatoms. The smallest absolute Gasteiger partial charge is 0.260 e. The van der Waals surface area contributed by atoms with Crippen molar-refractivity contribution < 1.29 is 4.39 Å². The molecule has 3 heterocycles. The molecule has 0 fully saturated rings. The molecule has 0 aliphatic heterocycles. The Morgan fingerprint density at radius 2 is 1.90 bits per heavy atom. The summed E-state index contributed by atoms with van der Waals surface area (Å²) in [6.45, 7) is 0. The van der Waals surface area contributed by atoms with Gasteiger partial charge in [-0.1, -0.05) is 42.1 Å². The van der Waals surface area contributed by atoms with Gasteiger partial charge in [-0.2, -0.15) is 0 Å². The molecular weight excluding hydrogens is 407 g/mol. The third-order valence-electron chi connectivity index (χ3n) is 4.50. The Bertz CT molecular complexity index is 1390. The maximum absolute atomic E-state index is 13.2. The summed E-state index contributed by atoms with van der Waals surface area (Å²) in [5.74, 6) is 0.759. The minimum Gasteiger partial charge on any atom is -0.309 e. The number of thiophene rings is 1. The van der Waals surface area contributed by atoms with E-state index in [1.165, 1.54) is 41.6 Å². The van der Waals surface area contributed by atoms with Gasteiger partial charge in [0.2, 0.25) is 0 Å². The van der Waals surface area contributed by atoms with Gasteiger partial charge in [0, 0.05) is 16.3 Å². The number of benzene rings is 2. The van der Waals surface area contributed by atoms with Crippen LogP contribution in [0.5, 0.6) is 0 Å². The lowest BCUT2D eigenvalue weighted by molar-refractivity contribution is 0.628. The molecule has 0 bridgehead atoms. The molecule has 0 aliphatic rings. The highest BCUT2D eigenvalue weighted by molar-refractivity contribution is 7.98. The third kappa shape index (κ3) is 3.41. The maximum atomic E-state index is 13.2. The lowest BCUT2D eigenvalue weighted by Gasteiger charge is -2.05. The minimum absolute atomic E-state index is 0.196. The highest BCUT2D eigenvalue weighted by Gasteiger charge is 2.14. The highest BCUT2D eigenvalue weighted by Crippen LogP contribution is 2.32. The fraction of sp³-hybridized carbons (Fsp3) is 0.0476. The summed E-state index contributed by atoms with van der Waals surface area (Å²) in [4.78, 5) is 29.5. The fourth-order valence-electron chi connectivity index (χ4n) is 3.14. The molecule has 142 valence electrons. The van der Waals surface area contributed by atoms with Gasteiger partial charge in [0.15, 0.2) is 0 Å². The van der Waals surface area contributed by atoms with E-state index in [1.807, 2.05) is 29.6 Å². The second-order valence-electron chi connectivity index (χ2n) is 6.33. The first kappa shape index (κ1) is 18.0. The van der Waals surface area contributed by atoms with Crippen LogP contribution in [-0.4, -0.2) is 19.9 Å². The molecule has 5 aromatic rings. The molecule has 1 N–H and O–H groups in total. The number of rotatable bonds is 4. The van der Waals surface area contributed by atoms with Crippen molar-refractivity contribution in [2.24, 2.45) is 0 Å². The van der Waals surface area contributed by atoms with Gasteiger partial charge in [0.05, 0.1) is 16.7 Å². The standard InChI is InChI=1S/C21H13FN4OS2/c22-13-7-5-12(6-8-13)15-9-28-21-18(15)19(27)25-17(26-21)10-29-20-14-3-1-2-4-16(14)23-11-24-20/h1-9,11H,10H2,(H,25,26,27). The summed E-state index contributed by atoms with van der Waals surface area (Å²) < 4.78 is 13.2. The van der Waals surface area contributed by atoms with Gasteiger partial charge in [0.1, 0.15) is 27.8 Å². The third-order valence-corrected chi connectivity index (χ3v) is 6.39. The molecule has 5 nitrogen and oxygen atoms in total. The van der Waals surface area contributed by atoms with E-state index in [0.29, 0.717) is 21.8 Å². The van der Waals surface area contributed by atoms with Gasteiger partial charge >= 0.3 is 0 Å². The van der Waals surface area contributed by atoms with Gasteiger partial charge in [-0.3, -0.25) is 4.79 Å². The van der Waals surface area contributed by atoms with Crippen LogP contribution in [0.1, 0.15) is 5.82 Å². The number of fused-ring (bicyclic) bond motifs is 2. The summed E-state index contributed by atoms with van der Waals surface area (Å²) in [5.41, 5.74) is 2.24. The molecule has 2 aromatic carbocycles. The van der Waals surface area contributed by atoms with Gasteiger partial charge in [-0.25, -0.2) is 19.3 Å². The second kappa shape index (κ2) is 7.38. The van der Waals surface area contributed by atoms with E-state index in [2.05, 4.69) is 19.9 Å². The molecule has 0 atom stereocenters. The van der Waals surface area contributed by atoms with Crippen molar-refractivity contribution in [3.8, 4) is 11.1 Å². The van der Waals surface area contributed by atoms with Crippen molar-refractivity contribution >= 4 is 44.2 Å². The lowest BCUT2D eigenvalue weighted by Crippen LogP contribution is -2.10.